The Kier molecular flexibility index (Phi) is 3.84. The van der Waals surface area contributed by atoms with E-state index in [4.69, 9.17) is 4.74 Å². The largest absolute Gasteiger partial charge is 0.481 e. The number of hydrogen-bond donors (Lipinski definition) is 2. The van der Waals surface area contributed by atoms with E-state index in [2.05, 4.69) is 36.5 Å². The number of nitrogens with one attached hydrogen (secondary N) is 2. The van der Waals surface area contributed by atoms with Crippen molar-refractivity contribution in [3.63, 3.8) is 0 Å². The molecule has 2 N–H and O–H groups in total. The summed E-state index contributed by atoms with van der Waals surface area (Å²) in [6, 6.07) is 7.88. The van der Waals surface area contributed by atoms with Gasteiger partial charge in [-0.15, -0.1) is 0 Å². The summed E-state index contributed by atoms with van der Waals surface area (Å²) in [4.78, 5) is 9.03. The fourth-order valence-corrected chi connectivity index (χ4v) is 2.60. The van der Waals surface area contributed by atoms with Gasteiger partial charge in [0, 0.05) is 29.5 Å². The first-order chi connectivity index (χ1) is 9.78. The van der Waals surface area contributed by atoms with Crippen LogP contribution in [0.1, 0.15) is 11.3 Å². The van der Waals surface area contributed by atoms with E-state index in [0.29, 0.717) is 11.8 Å². The Labute approximate surface area is 125 Å². The van der Waals surface area contributed by atoms with Gasteiger partial charge in [-0.25, -0.2) is 4.98 Å². The highest BCUT2D eigenvalue weighted by molar-refractivity contribution is 9.10. The molecule has 1 aromatic heterocycles. The van der Waals surface area contributed by atoms with Crippen LogP contribution in [0.4, 0.5) is 11.6 Å². The van der Waals surface area contributed by atoms with Gasteiger partial charge in [0.05, 0.1) is 18.5 Å². The number of anilines is 2. The molecule has 0 amide bonds. The quantitative estimate of drug-likeness (QED) is 0.903. The highest BCUT2D eigenvalue weighted by Gasteiger charge is 2.18. The van der Waals surface area contributed by atoms with Crippen LogP contribution in [0.5, 0.6) is 5.88 Å². The Hall–Kier alpha value is -1.66. The molecule has 0 fully saturated rings. The second-order valence-corrected chi connectivity index (χ2v) is 5.37. The topological polar surface area (TPSA) is 59.1 Å². The van der Waals surface area contributed by atoms with Crippen LogP contribution in [-0.2, 0) is 13.0 Å². The molecule has 0 bridgehead atoms. The number of aromatic nitrogens is 2. The van der Waals surface area contributed by atoms with E-state index in [0.717, 1.165) is 40.9 Å². The summed E-state index contributed by atoms with van der Waals surface area (Å²) in [5.74, 6) is 1.20. The van der Waals surface area contributed by atoms with Crippen LogP contribution in [-0.4, -0.2) is 23.6 Å². The van der Waals surface area contributed by atoms with Crippen molar-refractivity contribution in [2.24, 2.45) is 0 Å². The van der Waals surface area contributed by atoms with Gasteiger partial charge in [0.1, 0.15) is 0 Å². The molecule has 20 heavy (non-hydrogen) atoms. The Balaban J connectivity index is 1.96. The minimum atomic E-state index is 0.564. The molecule has 2 aromatic rings. The normalized spacial score (nSPS) is 13.7. The Bertz CT molecular complexity index is 615. The van der Waals surface area contributed by atoms with Gasteiger partial charge in [-0.3, -0.25) is 0 Å². The summed E-state index contributed by atoms with van der Waals surface area (Å²) in [5, 5.41) is 6.53. The monoisotopic (exact) mass is 334 g/mol. The third-order valence-corrected chi connectivity index (χ3v) is 3.90. The first-order valence-electron chi connectivity index (χ1n) is 6.44. The van der Waals surface area contributed by atoms with Crippen LogP contribution < -0.4 is 15.4 Å². The molecule has 5 nitrogen and oxygen atoms in total. The lowest BCUT2D eigenvalue weighted by Crippen LogP contribution is -2.26. The minimum absolute atomic E-state index is 0.564. The molecule has 0 unspecified atom stereocenters. The van der Waals surface area contributed by atoms with Crippen molar-refractivity contribution in [1.82, 2.24) is 15.3 Å². The fourth-order valence-electron chi connectivity index (χ4n) is 2.22. The van der Waals surface area contributed by atoms with E-state index in [-0.39, 0.29) is 0 Å². The summed E-state index contributed by atoms with van der Waals surface area (Å²) in [5.41, 5.74) is 3.03. The highest BCUT2D eigenvalue weighted by Crippen LogP contribution is 2.27. The molecule has 0 aliphatic carbocycles. The van der Waals surface area contributed by atoms with Gasteiger partial charge in [-0.1, -0.05) is 12.1 Å². The first-order valence-corrected chi connectivity index (χ1v) is 7.23. The third kappa shape index (κ3) is 2.62. The lowest BCUT2D eigenvalue weighted by atomic mass is 10.1. The van der Waals surface area contributed by atoms with Gasteiger partial charge in [-0.2, -0.15) is 4.98 Å². The van der Waals surface area contributed by atoms with Crippen LogP contribution in [0, 0.1) is 0 Å². The van der Waals surface area contributed by atoms with Gasteiger partial charge in [-0.05, 0) is 28.1 Å². The van der Waals surface area contributed by atoms with E-state index >= 15 is 0 Å². The summed E-state index contributed by atoms with van der Waals surface area (Å²) in [7, 11) is 1.64. The van der Waals surface area contributed by atoms with Crippen molar-refractivity contribution in [3.05, 3.63) is 40.0 Å². The van der Waals surface area contributed by atoms with Crippen LogP contribution in [0.15, 0.2) is 28.7 Å². The number of halogens is 1. The number of benzene rings is 1. The second kappa shape index (κ2) is 5.76. The molecule has 6 heteroatoms. The predicted octanol–water partition coefficient (Wildman–Crippen LogP) is 2.64. The molecule has 3 rings (SSSR count). The number of ether oxygens (including phenoxy) is 1. The smallest absolute Gasteiger partial charge is 0.230 e. The van der Waals surface area contributed by atoms with E-state index < -0.39 is 0 Å². The summed E-state index contributed by atoms with van der Waals surface area (Å²) < 4.78 is 6.35. The number of fused-ring (bicyclic) bond motifs is 1. The minimum Gasteiger partial charge on any atom is -0.481 e. The Morgan fingerprint density at radius 2 is 2.15 bits per heavy atom. The molecule has 104 valence electrons. The maximum atomic E-state index is 5.38. The van der Waals surface area contributed by atoms with Crippen LogP contribution >= 0.6 is 15.9 Å². The van der Waals surface area contributed by atoms with Gasteiger partial charge in [0.15, 0.2) is 0 Å². The van der Waals surface area contributed by atoms with Crippen molar-refractivity contribution in [2.75, 3.05) is 19.0 Å². The molecule has 2 heterocycles. The Morgan fingerprint density at radius 1 is 1.30 bits per heavy atom. The van der Waals surface area contributed by atoms with Crippen molar-refractivity contribution >= 4 is 27.6 Å². The summed E-state index contributed by atoms with van der Waals surface area (Å²) in [6.07, 6.45) is 0.888. The third-order valence-electron chi connectivity index (χ3n) is 3.21. The van der Waals surface area contributed by atoms with E-state index in [1.54, 1.807) is 7.11 Å². The number of para-hydroxylation sites is 1. The van der Waals surface area contributed by atoms with Gasteiger partial charge < -0.3 is 15.4 Å². The Morgan fingerprint density at radius 3 is 2.95 bits per heavy atom. The summed E-state index contributed by atoms with van der Waals surface area (Å²) in [6.45, 7) is 1.69. The fraction of sp³-hybridized carbons (Fsp3) is 0.286. The molecule has 0 atom stereocenters. The molecule has 0 radical (unpaired) electrons. The molecule has 0 saturated heterocycles. The SMILES string of the molecule is COc1nc(Nc2ccccc2Br)nc2c1CNCC2. The lowest BCUT2D eigenvalue weighted by Gasteiger charge is -2.19. The first kappa shape index (κ1) is 13.3. The zero-order valence-corrected chi connectivity index (χ0v) is 12.7. The molecular weight excluding hydrogens is 320 g/mol. The molecule has 1 aliphatic heterocycles. The standard InChI is InChI=1S/C14H15BrN4O/c1-20-13-9-8-16-7-6-11(9)17-14(19-13)18-12-5-3-2-4-10(12)15/h2-5,16H,6-8H2,1H3,(H,17,18,19). The van der Waals surface area contributed by atoms with Gasteiger partial charge >= 0.3 is 0 Å². The maximum absolute atomic E-state index is 5.38. The van der Waals surface area contributed by atoms with Crippen molar-refractivity contribution in [3.8, 4) is 5.88 Å². The number of nitrogens with zero attached hydrogens (tertiary/aromatic N) is 2. The van der Waals surface area contributed by atoms with Crippen LogP contribution in [0.25, 0.3) is 0 Å². The molecule has 1 aromatic carbocycles. The van der Waals surface area contributed by atoms with Crippen molar-refractivity contribution in [1.29, 1.82) is 0 Å². The lowest BCUT2D eigenvalue weighted by molar-refractivity contribution is 0.386. The molecule has 1 aliphatic rings. The number of rotatable bonds is 3. The van der Waals surface area contributed by atoms with Crippen LogP contribution in [0.2, 0.25) is 0 Å². The summed E-state index contributed by atoms with van der Waals surface area (Å²) >= 11 is 3.50. The van der Waals surface area contributed by atoms with Crippen LogP contribution in [0.3, 0.4) is 0 Å². The van der Waals surface area contributed by atoms with Gasteiger partial charge in [0.25, 0.3) is 0 Å². The number of methoxy groups -OCH3 is 1. The second-order valence-electron chi connectivity index (χ2n) is 4.51. The molecule has 0 saturated carbocycles. The van der Waals surface area contributed by atoms with E-state index in [1.807, 2.05) is 24.3 Å². The number of hydrogen-bond acceptors (Lipinski definition) is 5. The van der Waals surface area contributed by atoms with E-state index in [9.17, 15) is 0 Å². The molecule has 0 spiro atoms. The zero-order chi connectivity index (χ0) is 13.9. The average molecular weight is 335 g/mol. The van der Waals surface area contributed by atoms with E-state index in [1.165, 1.54) is 0 Å². The van der Waals surface area contributed by atoms with Gasteiger partial charge in [0.2, 0.25) is 11.8 Å². The van der Waals surface area contributed by atoms with Crippen molar-refractivity contribution in [2.45, 2.75) is 13.0 Å². The maximum Gasteiger partial charge on any atom is 0.230 e. The molecular formula is C14H15BrN4O. The zero-order valence-electron chi connectivity index (χ0n) is 11.1. The highest BCUT2D eigenvalue weighted by atomic mass is 79.9. The average Bonchev–Trinajstić information content (AvgIpc) is 2.49. The van der Waals surface area contributed by atoms with Crippen molar-refractivity contribution < 1.29 is 4.74 Å². The predicted molar refractivity (Wildman–Crippen MR) is 81.4 cm³/mol.